The predicted octanol–water partition coefficient (Wildman–Crippen LogP) is 3.73. The number of nitrogens with one attached hydrogen (secondary N) is 1. The van der Waals surface area contributed by atoms with Crippen LogP contribution < -0.4 is 20.5 Å². The second-order valence-corrected chi connectivity index (χ2v) is 8.56. The highest BCUT2D eigenvalue weighted by Gasteiger charge is 2.17. The summed E-state index contributed by atoms with van der Waals surface area (Å²) in [5, 5.41) is 8.02. The van der Waals surface area contributed by atoms with Gasteiger partial charge in [0.1, 0.15) is 11.5 Å². The van der Waals surface area contributed by atoms with E-state index in [0.717, 1.165) is 46.7 Å². The first-order chi connectivity index (χ1) is 17.6. The van der Waals surface area contributed by atoms with Crippen LogP contribution in [0.5, 0.6) is 11.5 Å². The van der Waals surface area contributed by atoms with Crippen molar-refractivity contribution in [1.82, 2.24) is 19.5 Å². The number of hydrogen-bond donors (Lipinski definition) is 2. The maximum Gasteiger partial charge on any atom is 0.245 e. The molecule has 0 saturated carbocycles. The number of primary amides is 1. The molecule has 0 aliphatic carbocycles. The molecule has 0 spiro atoms. The number of amides is 1. The Morgan fingerprint density at radius 1 is 1.08 bits per heavy atom. The number of aromatic nitrogens is 3. The van der Waals surface area contributed by atoms with Crippen molar-refractivity contribution in [2.75, 3.05) is 39.2 Å². The van der Waals surface area contributed by atoms with Crippen molar-refractivity contribution in [1.29, 1.82) is 0 Å². The Kier molecular flexibility index (Phi) is 6.55. The number of benzene rings is 2. The lowest BCUT2D eigenvalue weighted by atomic mass is 9.99. The molecular weight excluding hydrogens is 456 g/mol. The van der Waals surface area contributed by atoms with E-state index in [1.807, 2.05) is 57.9 Å². The SMILES string of the molecule is COc1cc(C2=CCN(CC(N)=O)CC2)ccc1Nc1ncc2ccc(-c3ccccc3OC)n2n1. The molecule has 1 aliphatic heterocycles. The lowest BCUT2D eigenvalue weighted by Crippen LogP contribution is -2.36. The Bertz CT molecular complexity index is 1440. The van der Waals surface area contributed by atoms with E-state index in [0.29, 0.717) is 18.2 Å². The largest absolute Gasteiger partial charge is 0.496 e. The van der Waals surface area contributed by atoms with Gasteiger partial charge in [0, 0.05) is 18.7 Å². The highest BCUT2D eigenvalue weighted by atomic mass is 16.5. The molecule has 9 heteroatoms. The highest BCUT2D eigenvalue weighted by Crippen LogP contribution is 2.33. The number of carbonyl (C=O) groups excluding carboxylic acids is 1. The number of nitrogens with two attached hydrogens (primary N) is 1. The van der Waals surface area contributed by atoms with Gasteiger partial charge in [0.05, 0.1) is 43.9 Å². The van der Waals surface area contributed by atoms with Crippen LogP contribution >= 0.6 is 0 Å². The average molecular weight is 485 g/mol. The maximum absolute atomic E-state index is 11.2. The van der Waals surface area contributed by atoms with Gasteiger partial charge in [0.2, 0.25) is 11.9 Å². The van der Waals surface area contributed by atoms with Crippen LogP contribution in [0, 0.1) is 0 Å². The smallest absolute Gasteiger partial charge is 0.245 e. The zero-order valence-corrected chi connectivity index (χ0v) is 20.3. The van der Waals surface area contributed by atoms with Gasteiger partial charge in [-0.3, -0.25) is 9.69 Å². The van der Waals surface area contributed by atoms with Gasteiger partial charge in [0.15, 0.2) is 0 Å². The summed E-state index contributed by atoms with van der Waals surface area (Å²) in [7, 11) is 3.30. The van der Waals surface area contributed by atoms with Gasteiger partial charge in [-0.2, -0.15) is 0 Å². The van der Waals surface area contributed by atoms with Crippen molar-refractivity contribution in [2.24, 2.45) is 5.73 Å². The summed E-state index contributed by atoms with van der Waals surface area (Å²) in [6.07, 6.45) is 4.75. The minimum Gasteiger partial charge on any atom is -0.496 e. The van der Waals surface area contributed by atoms with Crippen LogP contribution in [-0.2, 0) is 4.79 Å². The molecule has 9 nitrogen and oxygen atoms in total. The minimum atomic E-state index is -0.306. The van der Waals surface area contributed by atoms with E-state index in [4.69, 9.17) is 20.3 Å². The van der Waals surface area contributed by atoms with Crippen LogP contribution in [0.2, 0.25) is 0 Å². The van der Waals surface area contributed by atoms with Crippen LogP contribution in [0.3, 0.4) is 0 Å². The Balaban J connectivity index is 1.40. The molecule has 2 aromatic heterocycles. The molecule has 0 unspecified atom stereocenters. The molecule has 0 radical (unpaired) electrons. The average Bonchev–Trinajstić information content (AvgIpc) is 3.32. The van der Waals surface area contributed by atoms with Crippen LogP contribution in [0.25, 0.3) is 22.3 Å². The van der Waals surface area contributed by atoms with Gasteiger partial charge in [-0.15, -0.1) is 5.10 Å². The van der Waals surface area contributed by atoms with Gasteiger partial charge >= 0.3 is 0 Å². The van der Waals surface area contributed by atoms with Crippen molar-refractivity contribution < 1.29 is 14.3 Å². The Labute approximate surface area is 209 Å². The zero-order valence-electron chi connectivity index (χ0n) is 20.3. The fourth-order valence-corrected chi connectivity index (χ4v) is 4.47. The molecular formula is C27H28N6O3. The van der Waals surface area contributed by atoms with Gasteiger partial charge in [-0.05, 0) is 54.0 Å². The summed E-state index contributed by atoms with van der Waals surface area (Å²) in [4.78, 5) is 17.7. The van der Waals surface area contributed by atoms with Crippen molar-refractivity contribution >= 4 is 28.6 Å². The normalized spacial score (nSPS) is 13.9. The van der Waals surface area contributed by atoms with E-state index in [-0.39, 0.29) is 12.5 Å². The molecule has 5 rings (SSSR count). The monoisotopic (exact) mass is 484 g/mol. The molecule has 1 amide bonds. The molecule has 3 heterocycles. The number of hydrogen-bond acceptors (Lipinski definition) is 7. The second kappa shape index (κ2) is 10.1. The molecule has 36 heavy (non-hydrogen) atoms. The number of anilines is 2. The first-order valence-corrected chi connectivity index (χ1v) is 11.7. The van der Waals surface area contributed by atoms with E-state index in [2.05, 4.69) is 22.4 Å². The molecule has 1 aliphatic rings. The number of fused-ring (bicyclic) bond motifs is 1. The van der Waals surface area contributed by atoms with Crippen molar-refractivity contribution in [3.63, 3.8) is 0 Å². The van der Waals surface area contributed by atoms with E-state index in [1.165, 1.54) is 5.57 Å². The lowest BCUT2D eigenvalue weighted by molar-refractivity contribution is -0.119. The summed E-state index contributed by atoms with van der Waals surface area (Å²) >= 11 is 0. The Morgan fingerprint density at radius 3 is 2.67 bits per heavy atom. The molecule has 2 aromatic carbocycles. The van der Waals surface area contributed by atoms with Gasteiger partial charge in [-0.25, -0.2) is 9.50 Å². The van der Waals surface area contributed by atoms with E-state index >= 15 is 0 Å². The van der Waals surface area contributed by atoms with Crippen molar-refractivity contribution in [3.8, 4) is 22.8 Å². The number of ether oxygens (including phenoxy) is 2. The fraction of sp³-hybridized carbons (Fsp3) is 0.222. The quantitative estimate of drug-likeness (QED) is 0.392. The molecule has 0 fully saturated rings. The molecule has 184 valence electrons. The summed E-state index contributed by atoms with van der Waals surface area (Å²) in [6, 6.07) is 17.9. The summed E-state index contributed by atoms with van der Waals surface area (Å²) in [5.74, 6) is 1.60. The number of carbonyl (C=O) groups is 1. The van der Waals surface area contributed by atoms with E-state index in [9.17, 15) is 4.79 Å². The van der Waals surface area contributed by atoms with Gasteiger partial charge in [-0.1, -0.05) is 24.3 Å². The van der Waals surface area contributed by atoms with Crippen LogP contribution in [0.4, 0.5) is 11.6 Å². The summed E-state index contributed by atoms with van der Waals surface area (Å²) in [5.41, 5.74) is 11.1. The number of methoxy groups -OCH3 is 2. The summed E-state index contributed by atoms with van der Waals surface area (Å²) < 4.78 is 13.1. The predicted molar refractivity (Wildman–Crippen MR) is 139 cm³/mol. The molecule has 4 aromatic rings. The number of nitrogens with zero attached hydrogens (tertiary/aromatic N) is 4. The van der Waals surface area contributed by atoms with E-state index < -0.39 is 0 Å². The molecule has 0 atom stereocenters. The van der Waals surface area contributed by atoms with Gasteiger partial charge < -0.3 is 20.5 Å². The molecule has 0 saturated heterocycles. The fourth-order valence-electron chi connectivity index (χ4n) is 4.47. The minimum absolute atomic E-state index is 0.278. The number of para-hydroxylation sites is 1. The summed E-state index contributed by atoms with van der Waals surface area (Å²) in [6.45, 7) is 1.76. The van der Waals surface area contributed by atoms with Crippen LogP contribution in [0.1, 0.15) is 12.0 Å². The van der Waals surface area contributed by atoms with Crippen molar-refractivity contribution in [3.05, 3.63) is 72.4 Å². The molecule has 3 N–H and O–H groups in total. The van der Waals surface area contributed by atoms with Crippen LogP contribution in [-0.4, -0.2) is 59.3 Å². The first kappa shape index (κ1) is 23.4. The van der Waals surface area contributed by atoms with Crippen molar-refractivity contribution in [2.45, 2.75) is 6.42 Å². The first-order valence-electron chi connectivity index (χ1n) is 11.7. The maximum atomic E-state index is 11.2. The zero-order chi connectivity index (χ0) is 25.1. The standard InChI is InChI=1S/C27H28N6O3/c1-35-24-6-4-3-5-21(24)23-10-8-20-16-29-27(31-33(20)23)30-22-9-7-19(15-25(22)36-2)18-11-13-32(14-12-18)17-26(28)34/h3-11,15-16H,12-14,17H2,1-2H3,(H2,28,34)(H,30,31). The second-order valence-electron chi connectivity index (χ2n) is 8.56. The topological polar surface area (TPSA) is 107 Å². The van der Waals surface area contributed by atoms with Gasteiger partial charge in [0.25, 0.3) is 0 Å². The molecule has 0 bridgehead atoms. The number of rotatable bonds is 8. The highest BCUT2D eigenvalue weighted by molar-refractivity contribution is 5.77. The lowest BCUT2D eigenvalue weighted by Gasteiger charge is -2.25. The third-order valence-electron chi connectivity index (χ3n) is 6.27. The third kappa shape index (κ3) is 4.73. The third-order valence-corrected chi connectivity index (χ3v) is 6.27. The van der Waals surface area contributed by atoms with E-state index in [1.54, 1.807) is 20.4 Å². The Hall–Kier alpha value is -4.37. The Morgan fingerprint density at radius 2 is 1.92 bits per heavy atom. The van der Waals surface area contributed by atoms with Crippen LogP contribution in [0.15, 0.2) is 66.9 Å².